The van der Waals surface area contributed by atoms with E-state index in [1.807, 2.05) is 36.1 Å². The van der Waals surface area contributed by atoms with E-state index in [2.05, 4.69) is 10.6 Å². The van der Waals surface area contributed by atoms with E-state index in [0.29, 0.717) is 18.5 Å². The maximum atomic E-state index is 12.2. The van der Waals surface area contributed by atoms with E-state index in [4.69, 9.17) is 0 Å². The van der Waals surface area contributed by atoms with Crippen molar-refractivity contribution in [1.82, 2.24) is 10.2 Å². The normalized spacial score (nSPS) is 18.9. The molecule has 2 fully saturated rings. The molecule has 2 amide bonds. The lowest BCUT2D eigenvalue weighted by molar-refractivity contribution is -0.130. The molecule has 23 heavy (non-hydrogen) atoms. The summed E-state index contributed by atoms with van der Waals surface area (Å²) in [7, 11) is 0. The maximum absolute atomic E-state index is 12.2. The lowest BCUT2D eigenvalue weighted by Crippen LogP contribution is -2.48. The Hall–Kier alpha value is -1.88. The van der Waals surface area contributed by atoms with Crippen LogP contribution in [0.1, 0.15) is 32.3 Å². The molecule has 1 saturated heterocycles. The van der Waals surface area contributed by atoms with Gasteiger partial charge in [-0.25, -0.2) is 0 Å². The third-order valence-electron chi connectivity index (χ3n) is 4.90. The number of carbonyl (C=O) groups is 2. The molecule has 0 spiro atoms. The summed E-state index contributed by atoms with van der Waals surface area (Å²) >= 11 is 0. The van der Waals surface area contributed by atoms with E-state index in [1.165, 1.54) is 0 Å². The molecule has 1 aliphatic heterocycles. The average Bonchev–Trinajstić information content (AvgIpc) is 3.28. The largest absolute Gasteiger partial charge is 0.336 e. The van der Waals surface area contributed by atoms with Gasteiger partial charge in [0.15, 0.2) is 0 Å². The Kier molecular flexibility index (Phi) is 4.66. The summed E-state index contributed by atoms with van der Waals surface area (Å²) in [5.41, 5.74) is 1.92. The first kappa shape index (κ1) is 16.0. The van der Waals surface area contributed by atoms with Gasteiger partial charge in [0.25, 0.3) is 0 Å². The smallest absolute Gasteiger partial charge is 0.227 e. The van der Waals surface area contributed by atoms with Crippen LogP contribution in [0.3, 0.4) is 0 Å². The molecular formula is C18H25N3O2. The van der Waals surface area contributed by atoms with Gasteiger partial charge in [0.1, 0.15) is 0 Å². The van der Waals surface area contributed by atoms with Gasteiger partial charge >= 0.3 is 0 Å². The minimum absolute atomic E-state index is 0.0268. The summed E-state index contributed by atoms with van der Waals surface area (Å²) in [5.74, 6) is 0.677. The quantitative estimate of drug-likeness (QED) is 0.844. The molecule has 5 nitrogen and oxygen atoms in total. The van der Waals surface area contributed by atoms with Crippen molar-refractivity contribution >= 4 is 17.5 Å². The van der Waals surface area contributed by atoms with Gasteiger partial charge in [-0.1, -0.05) is 19.1 Å². The third-order valence-corrected chi connectivity index (χ3v) is 4.90. The van der Waals surface area contributed by atoms with E-state index in [0.717, 1.165) is 37.2 Å². The summed E-state index contributed by atoms with van der Waals surface area (Å²) in [6.45, 7) is 6.11. The highest BCUT2D eigenvalue weighted by atomic mass is 16.2. The van der Waals surface area contributed by atoms with E-state index < -0.39 is 0 Å². The molecule has 124 valence electrons. The van der Waals surface area contributed by atoms with Crippen LogP contribution in [0.15, 0.2) is 24.3 Å². The molecule has 1 atom stereocenters. The van der Waals surface area contributed by atoms with Gasteiger partial charge in [0.2, 0.25) is 11.8 Å². The molecule has 0 bridgehead atoms. The highest BCUT2D eigenvalue weighted by Crippen LogP contribution is 2.28. The molecule has 1 heterocycles. The topological polar surface area (TPSA) is 61.4 Å². The lowest BCUT2D eigenvalue weighted by atomic mass is 9.88. The number of nitrogens with zero attached hydrogens (tertiary/aromatic N) is 1. The van der Waals surface area contributed by atoms with Crippen molar-refractivity contribution < 1.29 is 9.59 Å². The minimum atomic E-state index is 0.0268. The van der Waals surface area contributed by atoms with Gasteiger partial charge in [-0.2, -0.15) is 0 Å². The zero-order valence-electron chi connectivity index (χ0n) is 13.8. The second-order valence-corrected chi connectivity index (χ2v) is 6.77. The molecule has 3 rings (SSSR count). The number of anilines is 1. The van der Waals surface area contributed by atoms with Crippen LogP contribution in [-0.2, 0) is 16.1 Å². The van der Waals surface area contributed by atoms with Crippen molar-refractivity contribution in [2.45, 2.75) is 39.3 Å². The van der Waals surface area contributed by atoms with Gasteiger partial charge in [-0.3, -0.25) is 9.59 Å². The van der Waals surface area contributed by atoms with Crippen LogP contribution in [-0.4, -0.2) is 35.8 Å². The average molecular weight is 315 g/mol. The molecule has 0 aromatic heterocycles. The van der Waals surface area contributed by atoms with Crippen molar-refractivity contribution in [3.63, 3.8) is 0 Å². The number of hydrogen-bond donors (Lipinski definition) is 2. The fourth-order valence-corrected chi connectivity index (χ4v) is 2.91. The Morgan fingerprint density at radius 1 is 1.26 bits per heavy atom. The number of carbonyl (C=O) groups excluding carboxylic acids is 2. The van der Waals surface area contributed by atoms with Crippen LogP contribution >= 0.6 is 0 Å². The molecule has 1 aliphatic carbocycles. The van der Waals surface area contributed by atoms with E-state index in [-0.39, 0.29) is 17.7 Å². The first-order valence-electron chi connectivity index (χ1n) is 8.42. The number of amides is 2. The number of benzene rings is 1. The van der Waals surface area contributed by atoms with Crippen molar-refractivity contribution in [3.8, 4) is 0 Å². The molecule has 1 unspecified atom stereocenters. The molecule has 2 N–H and O–H groups in total. The van der Waals surface area contributed by atoms with Crippen LogP contribution in [0.2, 0.25) is 0 Å². The van der Waals surface area contributed by atoms with Gasteiger partial charge in [0.05, 0.1) is 0 Å². The summed E-state index contributed by atoms with van der Waals surface area (Å²) in [6.07, 6.45) is 2.23. The number of hydrogen-bond acceptors (Lipinski definition) is 3. The molecule has 1 aromatic carbocycles. The fraction of sp³-hybridized carbons (Fsp3) is 0.556. The second-order valence-electron chi connectivity index (χ2n) is 6.77. The SMILES string of the molecule is CC(=O)N(Cc1ccc(NC(=O)C(C)C2CNC2)cc1)C1CC1. The standard InChI is InChI=1S/C18H25N3O2/c1-12(15-9-19-10-15)18(23)20-16-5-3-14(4-6-16)11-21(13(2)22)17-7-8-17/h3-6,12,15,17,19H,7-11H2,1-2H3,(H,20,23). The Morgan fingerprint density at radius 3 is 2.39 bits per heavy atom. The van der Waals surface area contributed by atoms with Crippen molar-refractivity contribution in [1.29, 1.82) is 0 Å². The Balaban J connectivity index is 1.56. The Morgan fingerprint density at radius 2 is 1.91 bits per heavy atom. The predicted octanol–water partition coefficient (Wildman–Crippen LogP) is 1.99. The summed E-state index contributed by atoms with van der Waals surface area (Å²) in [5, 5.41) is 6.18. The van der Waals surface area contributed by atoms with E-state index in [9.17, 15) is 9.59 Å². The molecular weight excluding hydrogens is 290 g/mol. The third kappa shape index (κ3) is 3.91. The monoisotopic (exact) mass is 315 g/mol. The molecule has 1 aromatic rings. The first-order valence-corrected chi connectivity index (χ1v) is 8.42. The van der Waals surface area contributed by atoms with Crippen LogP contribution in [0, 0.1) is 11.8 Å². The van der Waals surface area contributed by atoms with Gasteiger partial charge in [0, 0.05) is 31.1 Å². The zero-order chi connectivity index (χ0) is 16.4. The number of rotatable bonds is 6. The number of nitrogens with one attached hydrogen (secondary N) is 2. The molecule has 1 saturated carbocycles. The minimum Gasteiger partial charge on any atom is -0.336 e. The summed E-state index contributed by atoms with van der Waals surface area (Å²) in [4.78, 5) is 25.8. The van der Waals surface area contributed by atoms with Gasteiger partial charge < -0.3 is 15.5 Å². The zero-order valence-corrected chi connectivity index (χ0v) is 13.8. The van der Waals surface area contributed by atoms with E-state index >= 15 is 0 Å². The second kappa shape index (κ2) is 6.71. The van der Waals surface area contributed by atoms with Crippen LogP contribution < -0.4 is 10.6 Å². The Labute approximate surface area is 137 Å². The van der Waals surface area contributed by atoms with Crippen molar-refractivity contribution in [2.75, 3.05) is 18.4 Å². The highest BCUT2D eigenvalue weighted by Gasteiger charge is 2.31. The van der Waals surface area contributed by atoms with Gasteiger partial charge in [-0.05, 0) is 49.5 Å². The molecule has 5 heteroatoms. The van der Waals surface area contributed by atoms with E-state index in [1.54, 1.807) is 6.92 Å². The fourth-order valence-electron chi connectivity index (χ4n) is 2.91. The first-order chi connectivity index (χ1) is 11.0. The lowest BCUT2D eigenvalue weighted by Gasteiger charge is -2.31. The summed E-state index contributed by atoms with van der Waals surface area (Å²) in [6, 6.07) is 8.24. The molecule has 0 radical (unpaired) electrons. The maximum Gasteiger partial charge on any atom is 0.227 e. The summed E-state index contributed by atoms with van der Waals surface area (Å²) < 4.78 is 0. The van der Waals surface area contributed by atoms with Crippen molar-refractivity contribution in [2.24, 2.45) is 11.8 Å². The van der Waals surface area contributed by atoms with Crippen LogP contribution in [0.4, 0.5) is 5.69 Å². The van der Waals surface area contributed by atoms with Crippen molar-refractivity contribution in [3.05, 3.63) is 29.8 Å². The van der Waals surface area contributed by atoms with Gasteiger partial charge in [-0.15, -0.1) is 0 Å². The predicted molar refractivity (Wildman–Crippen MR) is 89.8 cm³/mol. The van der Waals surface area contributed by atoms with Crippen LogP contribution in [0.25, 0.3) is 0 Å². The Bertz CT molecular complexity index is 576. The highest BCUT2D eigenvalue weighted by molar-refractivity contribution is 5.92. The van der Waals surface area contributed by atoms with Crippen LogP contribution in [0.5, 0.6) is 0 Å². The molecule has 2 aliphatic rings.